The normalized spacial score (nSPS) is 20.9. The molecule has 1 aliphatic rings. The van der Waals surface area contributed by atoms with E-state index in [0.29, 0.717) is 12.5 Å². The molecule has 0 radical (unpaired) electrons. The topological polar surface area (TPSA) is 20.3 Å². The number of rotatable bonds is 3. The fourth-order valence-electron chi connectivity index (χ4n) is 3.27. The molecular weight excluding hydrogens is 303 g/mol. The van der Waals surface area contributed by atoms with Gasteiger partial charge in [0.1, 0.15) is 0 Å². The van der Waals surface area contributed by atoms with Crippen molar-refractivity contribution in [3.05, 3.63) is 35.4 Å². The average molecular weight is 327 g/mol. The molecule has 2 unspecified atom stereocenters. The minimum Gasteiger partial charge on any atom is -0.342 e. The molecule has 0 N–H and O–H groups in total. The zero-order valence-electron chi connectivity index (χ0n) is 13.7. The zero-order chi connectivity index (χ0) is 17.0. The van der Waals surface area contributed by atoms with Crippen molar-refractivity contribution < 1.29 is 18.0 Å². The third kappa shape index (κ3) is 4.72. The van der Waals surface area contributed by atoms with Gasteiger partial charge in [-0.25, -0.2) is 0 Å². The molecule has 1 heterocycles. The van der Waals surface area contributed by atoms with Gasteiger partial charge in [-0.1, -0.05) is 38.5 Å². The van der Waals surface area contributed by atoms with E-state index >= 15 is 0 Å². The van der Waals surface area contributed by atoms with Crippen molar-refractivity contribution in [3.8, 4) is 0 Å². The first kappa shape index (κ1) is 17.8. The molecule has 0 aromatic heterocycles. The number of alkyl halides is 3. The van der Waals surface area contributed by atoms with Gasteiger partial charge in [0, 0.05) is 19.5 Å². The Balaban J connectivity index is 2.10. The highest BCUT2D eigenvalue weighted by molar-refractivity contribution is 5.77. The molecule has 0 spiro atoms. The molecule has 1 saturated heterocycles. The van der Waals surface area contributed by atoms with Crippen LogP contribution in [0.15, 0.2) is 24.3 Å². The monoisotopic (exact) mass is 327 g/mol. The Morgan fingerprint density at radius 3 is 2.70 bits per heavy atom. The maximum atomic E-state index is 13.1. The Morgan fingerprint density at radius 1 is 1.30 bits per heavy atom. The Hall–Kier alpha value is -1.52. The number of hydrogen-bond acceptors (Lipinski definition) is 1. The summed E-state index contributed by atoms with van der Waals surface area (Å²) in [5.74, 6) is -0.0265. The SMILES string of the molecule is CC1CCCCN(C(=O)CC(C)c2ccccc2C(F)(F)F)C1. The molecule has 1 fully saturated rings. The van der Waals surface area contributed by atoms with E-state index < -0.39 is 17.7 Å². The van der Waals surface area contributed by atoms with Gasteiger partial charge >= 0.3 is 6.18 Å². The van der Waals surface area contributed by atoms with Crippen molar-refractivity contribution in [2.24, 2.45) is 5.92 Å². The summed E-state index contributed by atoms with van der Waals surface area (Å²) in [6.45, 7) is 5.25. The molecule has 2 atom stereocenters. The third-order valence-electron chi connectivity index (χ3n) is 4.54. The molecule has 1 amide bonds. The number of likely N-dealkylation sites (tertiary alicyclic amines) is 1. The Bertz CT molecular complexity index is 541. The van der Waals surface area contributed by atoms with E-state index in [-0.39, 0.29) is 17.9 Å². The van der Waals surface area contributed by atoms with Crippen LogP contribution < -0.4 is 0 Å². The van der Waals surface area contributed by atoms with Crippen molar-refractivity contribution in [2.75, 3.05) is 13.1 Å². The van der Waals surface area contributed by atoms with E-state index in [0.717, 1.165) is 31.9 Å². The molecule has 1 aromatic rings. The summed E-state index contributed by atoms with van der Waals surface area (Å²) in [6, 6.07) is 5.55. The number of halogens is 3. The standard InChI is InChI=1S/C18H24F3NO/c1-13-7-5-6-10-22(12-13)17(23)11-14(2)15-8-3-4-9-16(15)18(19,20)21/h3-4,8-9,13-14H,5-7,10-12H2,1-2H3. The van der Waals surface area contributed by atoms with E-state index in [1.165, 1.54) is 12.1 Å². The minimum atomic E-state index is -4.38. The molecule has 1 aromatic carbocycles. The van der Waals surface area contributed by atoms with Crippen molar-refractivity contribution >= 4 is 5.91 Å². The van der Waals surface area contributed by atoms with Crippen LogP contribution >= 0.6 is 0 Å². The van der Waals surface area contributed by atoms with Gasteiger partial charge in [-0.05, 0) is 36.3 Å². The van der Waals surface area contributed by atoms with Crippen LogP contribution in [0.25, 0.3) is 0 Å². The van der Waals surface area contributed by atoms with Gasteiger partial charge in [0.15, 0.2) is 0 Å². The summed E-state index contributed by atoms with van der Waals surface area (Å²) >= 11 is 0. The molecule has 2 rings (SSSR count). The van der Waals surface area contributed by atoms with Gasteiger partial charge in [-0.3, -0.25) is 4.79 Å². The fourth-order valence-corrected chi connectivity index (χ4v) is 3.27. The van der Waals surface area contributed by atoms with E-state index in [4.69, 9.17) is 0 Å². The second kappa shape index (κ2) is 7.37. The maximum absolute atomic E-state index is 13.1. The van der Waals surface area contributed by atoms with Crippen LogP contribution in [-0.2, 0) is 11.0 Å². The Kier molecular flexibility index (Phi) is 5.71. The van der Waals surface area contributed by atoms with Crippen molar-refractivity contribution in [3.63, 3.8) is 0 Å². The summed E-state index contributed by atoms with van der Waals surface area (Å²) < 4.78 is 39.3. The number of hydrogen-bond donors (Lipinski definition) is 0. The molecule has 128 valence electrons. The van der Waals surface area contributed by atoms with Crippen LogP contribution in [0.1, 0.15) is 56.6 Å². The lowest BCUT2D eigenvalue weighted by Gasteiger charge is -2.25. The highest BCUT2D eigenvalue weighted by atomic mass is 19.4. The predicted molar refractivity (Wildman–Crippen MR) is 84.1 cm³/mol. The Morgan fingerprint density at radius 2 is 2.00 bits per heavy atom. The van der Waals surface area contributed by atoms with Gasteiger partial charge in [-0.2, -0.15) is 13.2 Å². The number of amides is 1. The highest BCUT2D eigenvalue weighted by Gasteiger charge is 2.34. The lowest BCUT2D eigenvalue weighted by molar-refractivity contribution is -0.139. The minimum absolute atomic E-state index is 0.0387. The van der Waals surface area contributed by atoms with Gasteiger partial charge in [0.25, 0.3) is 0 Å². The quantitative estimate of drug-likeness (QED) is 0.777. The molecule has 0 saturated carbocycles. The number of carbonyl (C=O) groups excluding carboxylic acids is 1. The molecule has 23 heavy (non-hydrogen) atoms. The van der Waals surface area contributed by atoms with Gasteiger partial charge in [0.2, 0.25) is 5.91 Å². The molecule has 0 bridgehead atoms. The average Bonchev–Trinajstić information content (AvgIpc) is 2.71. The van der Waals surface area contributed by atoms with Crippen LogP contribution in [0, 0.1) is 5.92 Å². The fraction of sp³-hybridized carbons (Fsp3) is 0.611. The van der Waals surface area contributed by atoms with Crippen LogP contribution in [0.3, 0.4) is 0 Å². The number of nitrogens with zero attached hydrogens (tertiary/aromatic N) is 1. The zero-order valence-corrected chi connectivity index (χ0v) is 13.7. The van der Waals surface area contributed by atoms with Crippen molar-refractivity contribution in [1.29, 1.82) is 0 Å². The lowest BCUT2D eigenvalue weighted by atomic mass is 9.92. The Labute approximate surface area is 135 Å². The van der Waals surface area contributed by atoms with E-state index in [1.54, 1.807) is 13.0 Å². The van der Waals surface area contributed by atoms with Crippen LogP contribution in [0.4, 0.5) is 13.2 Å². The third-order valence-corrected chi connectivity index (χ3v) is 4.54. The molecule has 0 aliphatic carbocycles. The number of benzene rings is 1. The molecular formula is C18H24F3NO. The lowest BCUT2D eigenvalue weighted by Crippen LogP contribution is -2.34. The van der Waals surface area contributed by atoms with Crippen LogP contribution in [0.2, 0.25) is 0 Å². The van der Waals surface area contributed by atoms with E-state index in [1.807, 2.05) is 4.90 Å². The van der Waals surface area contributed by atoms with Gasteiger partial charge in [-0.15, -0.1) is 0 Å². The van der Waals surface area contributed by atoms with Crippen LogP contribution in [-0.4, -0.2) is 23.9 Å². The summed E-state index contributed by atoms with van der Waals surface area (Å²) in [5, 5.41) is 0. The molecule has 1 aliphatic heterocycles. The smallest absolute Gasteiger partial charge is 0.342 e. The first-order valence-electron chi connectivity index (χ1n) is 8.23. The van der Waals surface area contributed by atoms with Crippen molar-refractivity contribution in [1.82, 2.24) is 4.90 Å². The second-order valence-electron chi connectivity index (χ2n) is 6.63. The first-order chi connectivity index (χ1) is 10.8. The van der Waals surface area contributed by atoms with Gasteiger partial charge < -0.3 is 4.90 Å². The van der Waals surface area contributed by atoms with Crippen LogP contribution in [0.5, 0.6) is 0 Å². The van der Waals surface area contributed by atoms with E-state index in [2.05, 4.69) is 6.92 Å². The second-order valence-corrected chi connectivity index (χ2v) is 6.63. The maximum Gasteiger partial charge on any atom is 0.416 e. The predicted octanol–water partition coefficient (Wildman–Crippen LogP) is 4.85. The van der Waals surface area contributed by atoms with Crippen molar-refractivity contribution in [2.45, 2.75) is 51.6 Å². The van der Waals surface area contributed by atoms with Gasteiger partial charge in [0.05, 0.1) is 5.56 Å². The summed E-state index contributed by atoms with van der Waals surface area (Å²) in [7, 11) is 0. The highest BCUT2D eigenvalue weighted by Crippen LogP contribution is 2.36. The molecule has 2 nitrogen and oxygen atoms in total. The first-order valence-corrected chi connectivity index (χ1v) is 8.23. The largest absolute Gasteiger partial charge is 0.416 e. The number of carbonyl (C=O) groups is 1. The molecule has 5 heteroatoms. The van der Waals surface area contributed by atoms with E-state index in [9.17, 15) is 18.0 Å². The summed E-state index contributed by atoms with van der Waals surface area (Å²) in [5.41, 5.74) is -0.430. The summed E-state index contributed by atoms with van der Waals surface area (Å²) in [6.07, 6.45) is -1.07. The summed E-state index contributed by atoms with van der Waals surface area (Å²) in [4.78, 5) is 14.3.